The zero-order valence-electron chi connectivity index (χ0n) is 16.2. The highest BCUT2D eigenvalue weighted by Gasteiger charge is 2.32. The summed E-state index contributed by atoms with van der Waals surface area (Å²) < 4.78 is 74.1. The summed E-state index contributed by atoms with van der Waals surface area (Å²) in [5, 5.41) is 10.0. The smallest absolute Gasteiger partial charge is 0.416 e. The van der Waals surface area contributed by atoms with Crippen LogP contribution in [0.25, 0.3) is 0 Å². The molecule has 2 aromatic carbocycles. The Hall–Kier alpha value is -3.08. The lowest BCUT2D eigenvalue weighted by Gasteiger charge is -2.25. The number of rotatable bonds is 5. The fourth-order valence-corrected chi connectivity index (χ4v) is 4.66. The molecular weight excluding hydrogens is 457 g/mol. The van der Waals surface area contributed by atoms with Gasteiger partial charge in [0, 0.05) is 5.92 Å². The minimum Gasteiger partial charge on any atom is -0.494 e. The van der Waals surface area contributed by atoms with E-state index in [1.54, 1.807) is 18.2 Å². The van der Waals surface area contributed by atoms with E-state index in [-0.39, 0.29) is 28.2 Å². The molecule has 1 aliphatic rings. The molecule has 3 aromatic rings. The largest absolute Gasteiger partial charge is 0.494 e. The second kappa shape index (κ2) is 8.45. The standard InChI is InChI=1S/C21H16F5NO4S/c22-19(23)31-16-9-11(21(24,25)26)4-7-15(16)30-12-5-6-13-10(8-12)2-1-3-14(13)17-18(28)27-20(29)32-17/h4-9,14,19,28H,1-3H2,(H,27,29)/t14-/m1/s1. The van der Waals surface area contributed by atoms with Crippen LogP contribution in [0.15, 0.2) is 41.2 Å². The van der Waals surface area contributed by atoms with Gasteiger partial charge in [-0.25, -0.2) is 0 Å². The third-order valence-corrected chi connectivity index (χ3v) is 6.10. The number of hydrogen-bond acceptors (Lipinski definition) is 5. The van der Waals surface area contributed by atoms with Crippen LogP contribution in [-0.4, -0.2) is 16.7 Å². The molecular formula is C21H16F5NO4S. The molecule has 0 unspecified atom stereocenters. The Kier molecular flexibility index (Phi) is 5.85. The Morgan fingerprint density at radius 2 is 1.91 bits per heavy atom. The first-order valence-corrected chi connectivity index (χ1v) is 10.3. The van der Waals surface area contributed by atoms with E-state index in [1.807, 2.05) is 0 Å². The van der Waals surface area contributed by atoms with Crippen LogP contribution in [0.3, 0.4) is 0 Å². The molecule has 2 N–H and O–H groups in total. The fraction of sp³-hybridized carbons (Fsp3) is 0.286. The number of aryl methyl sites for hydroxylation is 1. The van der Waals surface area contributed by atoms with Gasteiger partial charge in [0.25, 0.3) is 0 Å². The van der Waals surface area contributed by atoms with Crippen molar-refractivity contribution in [2.75, 3.05) is 0 Å². The maximum absolute atomic E-state index is 12.9. The van der Waals surface area contributed by atoms with Crippen LogP contribution in [0.4, 0.5) is 22.0 Å². The molecule has 0 amide bonds. The van der Waals surface area contributed by atoms with E-state index in [1.165, 1.54) is 0 Å². The van der Waals surface area contributed by atoms with E-state index in [2.05, 4.69) is 9.72 Å². The first-order valence-electron chi connectivity index (χ1n) is 9.50. The lowest BCUT2D eigenvalue weighted by atomic mass is 9.82. The monoisotopic (exact) mass is 473 g/mol. The third kappa shape index (κ3) is 4.57. The van der Waals surface area contributed by atoms with Crippen molar-refractivity contribution in [2.45, 2.75) is 38.0 Å². The summed E-state index contributed by atoms with van der Waals surface area (Å²) in [6.45, 7) is -3.33. The van der Waals surface area contributed by atoms with Gasteiger partial charge in [-0.05, 0) is 60.7 Å². The normalized spacial score (nSPS) is 16.1. The zero-order chi connectivity index (χ0) is 23.0. The van der Waals surface area contributed by atoms with Crippen LogP contribution in [0.2, 0.25) is 0 Å². The second-order valence-corrected chi connectivity index (χ2v) is 8.19. The number of aromatic amines is 1. The Morgan fingerprint density at radius 3 is 2.56 bits per heavy atom. The van der Waals surface area contributed by atoms with Gasteiger partial charge in [-0.1, -0.05) is 17.4 Å². The van der Waals surface area contributed by atoms with E-state index in [9.17, 15) is 31.9 Å². The van der Waals surface area contributed by atoms with E-state index < -0.39 is 24.1 Å². The van der Waals surface area contributed by atoms with E-state index >= 15 is 0 Å². The number of benzene rings is 2. The van der Waals surface area contributed by atoms with E-state index in [4.69, 9.17) is 4.74 Å². The highest BCUT2D eigenvalue weighted by Crippen LogP contribution is 2.43. The van der Waals surface area contributed by atoms with E-state index in [0.29, 0.717) is 17.4 Å². The number of aromatic hydroxyl groups is 1. The molecule has 32 heavy (non-hydrogen) atoms. The zero-order valence-corrected chi connectivity index (χ0v) is 17.0. The van der Waals surface area contributed by atoms with Crippen molar-refractivity contribution in [3.05, 3.63) is 67.6 Å². The molecule has 1 aromatic heterocycles. The summed E-state index contributed by atoms with van der Waals surface area (Å²) in [6.07, 6.45) is -2.56. The summed E-state index contributed by atoms with van der Waals surface area (Å²) in [7, 11) is 0. The van der Waals surface area contributed by atoms with Crippen LogP contribution >= 0.6 is 11.3 Å². The molecule has 0 saturated carbocycles. The number of ether oxygens (including phenoxy) is 2. The Labute approximate surface area is 182 Å². The molecule has 1 heterocycles. The number of halogens is 5. The SMILES string of the molecule is O=c1[nH]c(O)c([C@@H]2CCCc3cc(Oc4ccc(C(F)(F)F)cc4OC(F)F)ccc32)s1. The number of nitrogens with one attached hydrogen (secondary N) is 1. The first kappa shape index (κ1) is 22.1. The minimum absolute atomic E-state index is 0.170. The lowest BCUT2D eigenvalue weighted by Crippen LogP contribution is -2.10. The van der Waals surface area contributed by atoms with Crippen LogP contribution < -0.4 is 14.3 Å². The number of H-pyrrole nitrogens is 1. The predicted molar refractivity (Wildman–Crippen MR) is 106 cm³/mol. The summed E-state index contributed by atoms with van der Waals surface area (Å²) in [6, 6.07) is 7.06. The van der Waals surface area contributed by atoms with Gasteiger partial charge in [-0.3, -0.25) is 9.78 Å². The third-order valence-electron chi connectivity index (χ3n) is 5.12. The molecule has 0 bridgehead atoms. The molecule has 1 aliphatic carbocycles. The average molecular weight is 473 g/mol. The molecule has 4 rings (SSSR count). The predicted octanol–water partition coefficient (Wildman–Crippen LogP) is 6.02. The Bertz CT molecular complexity index is 1190. The minimum atomic E-state index is -4.73. The first-order chi connectivity index (χ1) is 15.1. The van der Waals surface area contributed by atoms with Crippen molar-refractivity contribution in [1.29, 1.82) is 0 Å². The molecule has 170 valence electrons. The summed E-state index contributed by atoms with van der Waals surface area (Å²) in [5.41, 5.74) is 0.604. The lowest BCUT2D eigenvalue weighted by molar-refractivity contribution is -0.138. The maximum Gasteiger partial charge on any atom is 0.416 e. The average Bonchev–Trinajstić information content (AvgIpc) is 3.05. The van der Waals surface area contributed by atoms with Crippen molar-refractivity contribution in [2.24, 2.45) is 0 Å². The molecule has 5 nitrogen and oxygen atoms in total. The molecule has 0 saturated heterocycles. The van der Waals surface area contributed by atoms with Crippen LogP contribution in [0.1, 0.15) is 40.3 Å². The van der Waals surface area contributed by atoms with Gasteiger partial charge >= 0.3 is 17.7 Å². The number of aromatic nitrogens is 1. The van der Waals surface area contributed by atoms with Crippen molar-refractivity contribution in [3.63, 3.8) is 0 Å². The summed E-state index contributed by atoms with van der Waals surface area (Å²) >= 11 is 0.930. The second-order valence-electron chi connectivity index (χ2n) is 7.17. The van der Waals surface area contributed by atoms with Gasteiger partial charge in [0.05, 0.1) is 10.4 Å². The van der Waals surface area contributed by atoms with Crippen LogP contribution in [-0.2, 0) is 12.6 Å². The number of hydrogen-bond donors (Lipinski definition) is 2. The number of fused-ring (bicyclic) bond motifs is 1. The molecule has 0 radical (unpaired) electrons. The van der Waals surface area contributed by atoms with Gasteiger partial charge in [0.2, 0.25) is 5.88 Å². The van der Waals surface area contributed by atoms with Crippen molar-refractivity contribution < 1.29 is 36.5 Å². The van der Waals surface area contributed by atoms with Crippen molar-refractivity contribution >= 4 is 11.3 Å². The molecule has 0 spiro atoms. The van der Waals surface area contributed by atoms with Crippen molar-refractivity contribution in [3.8, 4) is 23.1 Å². The maximum atomic E-state index is 12.9. The molecule has 0 fully saturated rings. The van der Waals surface area contributed by atoms with Gasteiger partial charge in [-0.2, -0.15) is 22.0 Å². The van der Waals surface area contributed by atoms with Crippen molar-refractivity contribution in [1.82, 2.24) is 4.98 Å². The van der Waals surface area contributed by atoms with Gasteiger partial charge in [0.15, 0.2) is 11.5 Å². The number of alkyl halides is 5. The molecule has 0 aliphatic heterocycles. The van der Waals surface area contributed by atoms with E-state index in [0.717, 1.165) is 47.4 Å². The summed E-state index contributed by atoms with van der Waals surface area (Å²) in [5.74, 6) is -1.15. The summed E-state index contributed by atoms with van der Waals surface area (Å²) in [4.78, 5) is 14.1. The topological polar surface area (TPSA) is 71.6 Å². The van der Waals surface area contributed by atoms with Gasteiger partial charge < -0.3 is 14.6 Å². The highest BCUT2D eigenvalue weighted by atomic mass is 32.1. The van der Waals surface area contributed by atoms with Crippen LogP contribution in [0.5, 0.6) is 23.1 Å². The quantitative estimate of drug-likeness (QED) is 0.445. The Morgan fingerprint density at radius 1 is 1.12 bits per heavy atom. The number of thiazole rings is 1. The van der Waals surface area contributed by atoms with Gasteiger partial charge in [-0.15, -0.1) is 0 Å². The Balaban J connectivity index is 1.65. The molecule has 11 heteroatoms. The highest BCUT2D eigenvalue weighted by molar-refractivity contribution is 7.09. The van der Waals surface area contributed by atoms with Crippen LogP contribution in [0, 0.1) is 0 Å². The van der Waals surface area contributed by atoms with Gasteiger partial charge in [0.1, 0.15) is 5.75 Å². The molecule has 1 atom stereocenters. The fourth-order valence-electron chi connectivity index (χ4n) is 3.78.